The van der Waals surface area contributed by atoms with E-state index in [2.05, 4.69) is 41.8 Å². The molecule has 2 aliphatic heterocycles. The first-order chi connectivity index (χ1) is 22.6. The predicted octanol–water partition coefficient (Wildman–Crippen LogP) is 6.99. The first-order valence-corrected chi connectivity index (χ1v) is 16.5. The number of hydrogen-bond donors (Lipinski definition) is 2. The number of benzene rings is 2. The first-order valence-electron chi connectivity index (χ1n) is 16.1. The molecular weight excluding hydrogens is 600 g/mol. The van der Waals surface area contributed by atoms with E-state index in [1.807, 2.05) is 36.5 Å². The summed E-state index contributed by atoms with van der Waals surface area (Å²) in [5.41, 5.74) is 8.62. The minimum atomic E-state index is 0.441. The van der Waals surface area contributed by atoms with Crippen LogP contribution in [-0.4, -0.2) is 62.7 Å². The van der Waals surface area contributed by atoms with E-state index in [1.54, 1.807) is 14.2 Å². The number of ether oxygens (including phenoxy) is 4. The van der Waals surface area contributed by atoms with Gasteiger partial charge in [0.25, 0.3) is 0 Å². The smallest absolute Gasteiger partial charge is 0.218 e. The second kappa shape index (κ2) is 15.4. The van der Waals surface area contributed by atoms with E-state index in [0.29, 0.717) is 29.5 Å². The molecule has 0 unspecified atom stereocenters. The number of halogens is 1. The molecule has 2 saturated heterocycles. The van der Waals surface area contributed by atoms with Gasteiger partial charge in [0.05, 0.1) is 30.6 Å². The van der Waals surface area contributed by atoms with Crippen molar-refractivity contribution in [1.29, 1.82) is 0 Å². The van der Waals surface area contributed by atoms with Gasteiger partial charge in [-0.2, -0.15) is 0 Å². The number of hydrogen-bond acceptors (Lipinski definition) is 8. The molecule has 2 fully saturated rings. The fourth-order valence-corrected chi connectivity index (χ4v) is 6.66. The highest BCUT2D eigenvalue weighted by Gasteiger charge is 2.19. The highest BCUT2D eigenvalue weighted by molar-refractivity contribution is 6.36. The summed E-state index contributed by atoms with van der Waals surface area (Å²) in [6, 6.07) is 19.4. The summed E-state index contributed by atoms with van der Waals surface area (Å²) in [4.78, 5) is 9.65. The van der Waals surface area contributed by atoms with Gasteiger partial charge in [0, 0.05) is 85.6 Å². The van der Waals surface area contributed by atoms with Crippen LogP contribution in [0.1, 0.15) is 42.4 Å². The minimum absolute atomic E-state index is 0.441. The summed E-state index contributed by atoms with van der Waals surface area (Å²) in [7, 11) is 3.38. The quantitative estimate of drug-likeness (QED) is 0.181. The Balaban J connectivity index is 1.24. The maximum Gasteiger partial charge on any atom is 0.218 e. The van der Waals surface area contributed by atoms with Gasteiger partial charge >= 0.3 is 0 Å². The lowest BCUT2D eigenvalue weighted by molar-refractivity contribution is 0.0774. The molecule has 4 heterocycles. The summed E-state index contributed by atoms with van der Waals surface area (Å²) < 4.78 is 22.5. The largest absolute Gasteiger partial charge is 0.496 e. The van der Waals surface area contributed by atoms with Crippen molar-refractivity contribution in [3.05, 3.63) is 82.5 Å². The van der Waals surface area contributed by atoms with Crippen molar-refractivity contribution in [3.8, 4) is 45.3 Å². The van der Waals surface area contributed by atoms with Gasteiger partial charge in [-0.1, -0.05) is 48.0 Å². The molecule has 242 valence electrons. The monoisotopic (exact) mass is 642 g/mol. The van der Waals surface area contributed by atoms with E-state index in [4.69, 9.17) is 40.5 Å². The van der Waals surface area contributed by atoms with Crippen LogP contribution in [0.5, 0.6) is 11.6 Å². The summed E-state index contributed by atoms with van der Waals surface area (Å²) >= 11 is 7.15. The number of pyridine rings is 2. The highest BCUT2D eigenvalue weighted by atomic mass is 35.5. The van der Waals surface area contributed by atoms with Crippen LogP contribution in [0, 0.1) is 6.92 Å². The van der Waals surface area contributed by atoms with Crippen LogP contribution in [-0.2, 0) is 22.6 Å². The van der Waals surface area contributed by atoms with Crippen molar-refractivity contribution in [2.45, 2.75) is 57.8 Å². The van der Waals surface area contributed by atoms with E-state index in [0.717, 1.165) is 115 Å². The molecule has 6 rings (SSSR count). The van der Waals surface area contributed by atoms with Gasteiger partial charge in [-0.25, -0.2) is 4.98 Å². The Morgan fingerprint density at radius 2 is 1.43 bits per heavy atom. The molecule has 0 saturated carbocycles. The molecule has 4 aromatic rings. The maximum absolute atomic E-state index is 7.15. The Labute approximate surface area is 276 Å². The summed E-state index contributed by atoms with van der Waals surface area (Å²) in [6.45, 7) is 6.75. The van der Waals surface area contributed by atoms with E-state index >= 15 is 0 Å². The molecule has 9 heteroatoms. The van der Waals surface area contributed by atoms with Crippen LogP contribution >= 0.6 is 11.6 Å². The zero-order valence-corrected chi connectivity index (χ0v) is 27.7. The first kappa shape index (κ1) is 32.4. The number of nitrogens with one attached hydrogen (secondary N) is 2. The molecule has 8 nitrogen and oxygen atoms in total. The predicted molar refractivity (Wildman–Crippen MR) is 183 cm³/mol. The Morgan fingerprint density at radius 3 is 2.11 bits per heavy atom. The summed E-state index contributed by atoms with van der Waals surface area (Å²) in [5.74, 6) is 1.44. The average molecular weight is 643 g/mol. The lowest BCUT2D eigenvalue weighted by Gasteiger charge is -2.23. The van der Waals surface area contributed by atoms with Gasteiger partial charge in [-0.3, -0.25) is 4.98 Å². The molecule has 0 radical (unpaired) electrons. The fraction of sp³-hybridized carbons (Fsp3) is 0.405. The lowest BCUT2D eigenvalue weighted by Crippen LogP contribution is -2.34. The molecule has 2 aromatic heterocycles. The van der Waals surface area contributed by atoms with Gasteiger partial charge in [-0.05, 0) is 61.9 Å². The van der Waals surface area contributed by atoms with Crippen LogP contribution in [0.15, 0.2) is 60.8 Å². The van der Waals surface area contributed by atoms with Crippen LogP contribution in [0.25, 0.3) is 33.6 Å². The average Bonchev–Trinajstić information content (AvgIpc) is 3.11. The van der Waals surface area contributed by atoms with Crippen LogP contribution in [0.3, 0.4) is 0 Å². The van der Waals surface area contributed by atoms with E-state index in [9.17, 15) is 0 Å². The minimum Gasteiger partial charge on any atom is -0.496 e. The van der Waals surface area contributed by atoms with Crippen molar-refractivity contribution in [1.82, 2.24) is 20.6 Å². The Bertz CT molecular complexity index is 1520. The molecule has 0 amide bonds. The molecule has 2 aliphatic rings. The lowest BCUT2D eigenvalue weighted by atomic mass is 9.94. The van der Waals surface area contributed by atoms with Gasteiger partial charge in [0.1, 0.15) is 5.75 Å². The van der Waals surface area contributed by atoms with E-state index < -0.39 is 0 Å². The van der Waals surface area contributed by atoms with Crippen molar-refractivity contribution in [3.63, 3.8) is 0 Å². The molecule has 2 N–H and O–H groups in total. The molecule has 0 aliphatic carbocycles. The molecule has 0 bridgehead atoms. The number of nitrogens with zero attached hydrogens (tertiary/aromatic N) is 2. The second-order valence-corrected chi connectivity index (χ2v) is 12.3. The number of aromatic nitrogens is 2. The van der Waals surface area contributed by atoms with Crippen LogP contribution in [0.2, 0.25) is 5.02 Å². The maximum atomic E-state index is 7.15. The third kappa shape index (κ3) is 7.37. The van der Waals surface area contributed by atoms with Crippen molar-refractivity contribution in [2.75, 3.05) is 40.6 Å². The molecule has 46 heavy (non-hydrogen) atoms. The topological polar surface area (TPSA) is 86.8 Å². The summed E-state index contributed by atoms with van der Waals surface area (Å²) in [5, 5.41) is 7.92. The van der Waals surface area contributed by atoms with Gasteiger partial charge in [0.2, 0.25) is 5.88 Å². The van der Waals surface area contributed by atoms with Crippen LogP contribution < -0.4 is 20.1 Å². The third-order valence-corrected chi connectivity index (χ3v) is 9.47. The van der Waals surface area contributed by atoms with Gasteiger partial charge in [-0.15, -0.1) is 0 Å². The van der Waals surface area contributed by atoms with Crippen molar-refractivity contribution in [2.24, 2.45) is 0 Å². The number of rotatable bonds is 11. The van der Waals surface area contributed by atoms with Gasteiger partial charge in [0.15, 0.2) is 0 Å². The molecular formula is C37H43ClN4O4. The third-order valence-electron chi connectivity index (χ3n) is 9.07. The van der Waals surface area contributed by atoms with Crippen molar-refractivity contribution >= 4 is 11.6 Å². The zero-order chi connectivity index (χ0) is 31.9. The molecule has 2 aromatic carbocycles. The molecule has 0 spiro atoms. The van der Waals surface area contributed by atoms with Gasteiger partial charge < -0.3 is 29.6 Å². The fourth-order valence-electron chi connectivity index (χ4n) is 6.34. The zero-order valence-electron chi connectivity index (χ0n) is 26.9. The standard InChI is InChI=1S/C37H43ClN4O4/c1-24-30(11-16-39-36(24)25-7-8-26(34(21-25)43-2)22-40-28-12-17-45-18-13-28)31-5-4-6-32(35(31)38)33-10-9-27(37(42-33)44-3)23-41-29-14-19-46-20-15-29/h4-11,16,21,28-29,40-41H,12-15,17-20,22-23H2,1-3H3. The Morgan fingerprint density at radius 1 is 0.783 bits per heavy atom. The SMILES string of the molecule is COc1cc(-c2nccc(-c3cccc(-c4ccc(CNC5CCOCC5)c(OC)n4)c3Cl)c2C)ccc1CNC1CCOCC1. The normalized spacial score (nSPS) is 16.0. The number of methoxy groups -OCH3 is 2. The van der Waals surface area contributed by atoms with E-state index in [1.165, 1.54) is 0 Å². The van der Waals surface area contributed by atoms with E-state index in [-0.39, 0.29) is 0 Å². The summed E-state index contributed by atoms with van der Waals surface area (Å²) in [6.07, 6.45) is 5.93. The Kier molecular flexibility index (Phi) is 10.8. The van der Waals surface area contributed by atoms with Crippen molar-refractivity contribution < 1.29 is 18.9 Å². The molecule has 0 atom stereocenters. The second-order valence-electron chi connectivity index (χ2n) is 11.9. The highest BCUT2D eigenvalue weighted by Crippen LogP contribution is 2.40. The van der Waals surface area contributed by atoms with Crippen LogP contribution in [0.4, 0.5) is 0 Å². The Hall–Kier alpha value is -3.53.